The Hall–Kier alpha value is -2.34. The highest BCUT2D eigenvalue weighted by atomic mass is 16.5. The highest BCUT2D eigenvalue weighted by molar-refractivity contribution is 5.80. The number of guanidine groups is 1. The van der Waals surface area contributed by atoms with Gasteiger partial charge in [-0.05, 0) is 51.0 Å². The molecule has 2 aromatic rings. The van der Waals surface area contributed by atoms with Gasteiger partial charge in [0.2, 0.25) is 0 Å². The highest BCUT2D eigenvalue weighted by Crippen LogP contribution is 2.36. The van der Waals surface area contributed by atoms with Gasteiger partial charge in [0.05, 0.1) is 5.69 Å². The Balaban J connectivity index is 1.35. The zero-order valence-electron chi connectivity index (χ0n) is 19.9. The van der Waals surface area contributed by atoms with Crippen LogP contribution in [0.2, 0.25) is 0 Å². The minimum Gasteiger partial charge on any atom is -0.359 e. The SMILES string of the molecule is CCNC(=NCc1cc(C(CC)CC)no1)NC1CC2CCC(C1)N2Cc1ccccc1. The minimum absolute atomic E-state index is 0.465. The number of aromatic nitrogens is 1. The summed E-state index contributed by atoms with van der Waals surface area (Å²) in [5.74, 6) is 2.19. The van der Waals surface area contributed by atoms with Gasteiger partial charge >= 0.3 is 0 Å². The lowest BCUT2D eigenvalue weighted by molar-refractivity contribution is 0.114. The Morgan fingerprint density at radius 1 is 1.12 bits per heavy atom. The summed E-state index contributed by atoms with van der Waals surface area (Å²) in [7, 11) is 0. The molecule has 2 N–H and O–H groups in total. The van der Waals surface area contributed by atoms with Crippen molar-refractivity contribution in [1.82, 2.24) is 20.7 Å². The summed E-state index contributed by atoms with van der Waals surface area (Å²) in [5, 5.41) is 11.4. The van der Waals surface area contributed by atoms with Gasteiger partial charge in [-0.3, -0.25) is 4.90 Å². The maximum Gasteiger partial charge on any atom is 0.191 e. The Kier molecular flexibility index (Phi) is 7.85. The summed E-state index contributed by atoms with van der Waals surface area (Å²) in [6, 6.07) is 14.7. The molecule has 0 radical (unpaired) electrons. The average Bonchev–Trinajstić information content (AvgIpc) is 3.35. The quantitative estimate of drug-likeness (QED) is 0.435. The monoisotopic (exact) mass is 437 g/mol. The predicted molar refractivity (Wildman–Crippen MR) is 130 cm³/mol. The molecule has 6 heteroatoms. The van der Waals surface area contributed by atoms with Crippen LogP contribution >= 0.6 is 0 Å². The normalized spacial score (nSPS) is 23.6. The molecular formula is C26H39N5O. The second-order valence-corrected chi connectivity index (χ2v) is 9.28. The molecule has 1 aromatic heterocycles. The van der Waals surface area contributed by atoms with Crippen molar-refractivity contribution < 1.29 is 4.52 Å². The predicted octanol–water partition coefficient (Wildman–Crippen LogP) is 4.83. The first-order valence-corrected chi connectivity index (χ1v) is 12.5. The molecule has 2 fully saturated rings. The van der Waals surface area contributed by atoms with E-state index in [4.69, 9.17) is 9.52 Å². The van der Waals surface area contributed by atoms with Gasteiger partial charge in [0.15, 0.2) is 11.7 Å². The van der Waals surface area contributed by atoms with E-state index in [0.717, 1.165) is 43.3 Å². The van der Waals surface area contributed by atoms with Crippen LogP contribution in [0, 0.1) is 0 Å². The molecule has 0 amide bonds. The van der Waals surface area contributed by atoms with Gasteiger partial charge < -0.3 is 15.2 Å². The van der Waals surface area contributed by atoms with Gasteiger partial charge in [-0.15, -0.1) is 0 Å². The average molecular weight is 438 g/mol. The molecule has 2 atom stereocenters. The lowest BCUT2D eigenvalue weighted by atomic mass is 9.96. The third-order valence-corrected chi connectivity index (χ3v) is 7.15. The zero-order valence-corrected chi connectivity index (χ0v) is 19.9. The van der Waals surface area contributed by atoms with Crippen LogP contribution in [0.3, 0.4) is 0 Å². The van der Waals surface area contributed by atoms with Crippen LogP contribution in [0.15, 0.2) is 45.9 Å². The van der Waals surface area contributed by atoms with Crippen molar-refractivity contribution in [2.24, 2.45) is 4.99 Å². The second kappa shape index (κ2) is 11.0. The molecule has 0 aliphatic carbocycles. The molecule has 174 valence electrons. The summed E-state index contributed by atoms with van der Waals surface area (Å²) < 4.78 is 5.56. The molecule has 0 spiro atoms. The molecule has 0 saturated carbocycles. The lowest BCUT2D eigenvalue weighted by Crippen LogP contribution is -2.52. The molecule has 32 heavy (non-hydrogen) atoms. The molecule has 1 aromatic carbocycles. The van der Waals surface area contributed by atoms with Crippen LogP contribution in [0.5, 0.6) is 0 Å². The van der Waals surface area contributed by atoms with Crippen molar-refractivity contribution in [2.45, 2.75) is 96.4 Å². The van der Waals surface area contributed by atoms with Gasteiger partial charge in [-0.1, -0.05) is 49.3 Å². The van der Waals surface area contributed by atoms with Gasteiger partial charge in [0.25, 0.3) is 0 Å². The zero-order chi connectivity index (χ0) is 22.3. The summed E-state index contributed by atoms with van der Waals surface area (Å²) in [6.45, 7) is 8.95. The van der Waals surface area contributed by atoms with Crippen LogP contribution in [0.4, 0.5) is 0 Å². The standard InChI is InChI=1S/C26H39N5O/c1-4-20(5-2)25-16-24(32-30-25)17-28-26(27-6-3)29-21-14-22-12-13-23(15-21)31(22)18-19-10-8-7-9-11-19/h7-11,16,20-23H,4-6,12-15,17-18H2,1-3H3,(H2,27,28,29). The molecule has 2 saturated heterocycles. The molecule has 2 unspecified atom stereocenters. The second-order valence-electron chi connectivity index (χ2n) is 9.28. The van der Waals surface area contributed by atoms with Crippen LogP contribution in [-0.2, 0) is 13.1 Å². The van der Waals surface area contributed by atoms with Crippen molar-refractivity contribution in [2.75, 3.05) is 6.54 Å². The number of hydrogen-bond acceptors (Lipinski definition) is 4. The third kappa shape index (κ3) is 5.52. The highest BCUT2D eigenvalue weighted by Gasteiger charge is 2.40. The largest absolute Gasteiger partial charge is 0.359 e. The summed E-state index contributed by atoms with van der Waals surface area (Å²) in [6.07, 6.45) is 7.13. The Morgan fingerprint density at radius 3 is 2.50 bits per heavy atom. The van der Waals surface area contributed by atoms with Crippen LogP contribution in [0.25, 0.3) is 0 Å². The Morgan fingerprint density at radius 2 is 1.84 bits per heavy atom. The molecule has 2 bridgehead atoms. The topological polar surface area (TPSA) is 65.7 Å². The van der Waals surface area contributed by atoms with Crippen LogP contribution in [-0.4, -0.2) is 40.7 Å². The Bertz CT molecular complexity index is 846. The van der Waals surface area contributed by atoms with E-state index in [0.29, 0.717) is 30.6 Å². The maximum absolute atomic E-state index is 5.56. The summed E-state index contributed by atoms with van der Waals surface area (Å²) >= 11 is 0. The maximum atomic E-state index is 5.56. The summed E-state index contributed by atoms with van der Waals surface area (Å²) in [5.41, 5.74) is 2.48. The Labute approximate surface area is 192 Å². The van der Waals surface area contributed by atoms with Crippen molar-refractivity contribution in [3.05, 3.63) is 53.4 Å². The first kappa shape index (κ1) is 22.8. The molecule has 4 rings (SSSR count). The summed E-state index contributed by atoms with van der Waals surface area (Å²) in [4.78, 5) is 7.53. The number of fused-ring (bicyclic) bond motifs is 2. The van der Waals surface area contributed by atoms with E-state index in [1.54, 1.807) is 0 Å². The fourth-order valence-corrected chi connectivity index (χ4v) is 5.42. The van der Waals surface area contributed by atoms with Gasteiger partial charge in [0.1, 0.15) is 6.54 Å². The van der Waals surface area contributed by atoms with E-state index in [-0.39, 0.29) is 0 Å². The number of nitrogens with zero attached hydrogens (tertiary/aromatic N) is 3. The van der Waals surface area contributed by atoms with Crippen molar-refractivity contribution in [1.29, 1.82) is 0 Å². The number of piperidine rings is 1. The minimum atomic E-state index is 0.465. The van der Waals surface area contributed by atoms with Gasteiger partial charge in [0, 0.05) is 43.2 Å². The number of rotatable bonds is 9. The van der Waals surface area contributed by atoms with E-state index in [9.17, 15) is 0 Å². The van der Waals surface area contributed by atoms with Crippen LogP contribution < -0.4 is 10.6 Å². The third-order valence-electron chi connectivity index (χ3n) is 7.15. The van der Waals surface area contributed by atoms with Crippen LogP contribution in [0.1, 0.15) is 82.2 Å². The fraction of sp³-hybridized carbons (Fsp3) is 0.615. The van der Waals surface area contributed by atoms with Crippen molar-refractivity contribution >= 4 is 5.96 Å². The molecular weight excluding hydrogens is 398 g/mol. The number of benzene rings is 1. The first-order valence-electron chi connectivity index (χ1n) is 12.5. The van der Waals surface area contributed by atoms with Crippen molar-refractivity contribution in [3.8, 4) is 0 Å². The van der Waals surface area contributed by atoms with E-state index in [1.165, 1.54) is 31.2 Å². The van der Waals surface area contributed by atoms with Crippen molar-refractivity contribution in [3.63, 3.8) is 0 Å². The smallest absolute Gasteiger partial charge is 0.191 e. The van der Waals surface area contributed by atoms with Gasteiger partial charge in [-0.25, -0.2) is 4.99 Å². The molecule has 3 heterocycles. The fourth-order valence-electron chi connectivity index (χ4n) is 5.42. The first-order chi connectivity index (χ1) is 15.7. The van der Waals surface area contributed by atoms with E-state index < -0.39 is 0 Å². The molecule has 6 nitrogen and oxygen atoms in total. The lowest BCUT2D eigenvalue weighted by Gasteiger charge is -2.39. The number of nitrogens with one attached hydrogen (secondary N) is 2. The molecule has 2 aliphatic heterocycles. The molecule has 2 aliphatic rings. The number of aliphatic imine (C=N–C) groups is 1. The van der Waals surface area contributed by atoms with E-state index in [2.05, 4.69) is 77.9 Å². The van der Waals surface area contributed by atoms with Gasteiger partial charge in [-0.2, -0.15) is 0 Å². The van der Waals surface area contributed by atoms with E-state index >= 15 is 0 Å². The van der Waals surface area contributed by atoms with E-state index in [1.807, 2.05) is 0 Å². The number of hydrogen-bond donors (Lipinski definition) is 2.